The van der Waals surface area contributed by atoms with Gasteiger partial charge in [-0.15, -0.1) is 21.5 Å². The molecule has 2 nitrogen and oxygen atoms in total. The number of rotatable bonds is 0. The van der Waals surface area contributed by atoms with E-state index < -0.39 is 2.14 Å². The van der Waals surface area contributed by atoms with Crippen molar-refractivity contribution >= 4 is 59.1 Å². The third-order valence-electron chi connectivity index (χ3n) is 0.603. The van der Waals surface area contributed by atoms with Crippen LogP contribution in [-0.4, -0.2) is 10.2 Å². The number of hydrogen-bond donors (Lipinski definition) is 0. The van der Waals surface area contributed by atoms with Crippen LogP contribution in [0, 0.1) is 0 Å². The fourth-order valence-corrected chi connectivity index (χ4v) is 1.80. The van der Waals surface area contributed by atoms with Crippen molar-refractivity contribution in [1.29, 1.82) is 0 Å². The summed E-state index contributed by atoms with van der Waals surface area (Å²) in [6.45, 7) is 0. The molecule has 50 valence electrons. The molecule has 1 heterocycles. The molecule has 0 spiro atoms. The van der Waals surface area contributed by atoms with Crippen molar-refractivity contribution < 1.29 is 0 Å². The Morgan fingerprint density at radius 2 is 2.11 bits per heavy atom. The summed E-state index contributed by atoms with van der Waals surface area (Å²) in [5.74, 6) is 0. The summed E-state index contributed by atoms with van der Waals surface area (Å²) in [5.41, 5.74) is 1.67. The van der Waals surface area contributed by atoms with Gasteiger partial charge in [-0.1, -0.05) is 47.8 Å². The normalized spacial score (nSPS) is 11.9. The van der Waals surface area contributed by atoms with Crippen LogP contribution >= 0.6 is 59.1 Å². The van der Waals surface area contributed by atoms with Gasteiger partial charge in [-0.25, -0.2) is 0 Å². The highest BCUT2D eigenvalue weighted by molar-refractivity contribution is 9.38. The lowest BCUT2D eigenvalue weighted by molar-refractivity contribution is 1.03. The van der Waals surface area contributed by atoms with Crippen LogP contribution in [-0.2, 0) is 2.14 Å². The molecule has 1 aromatic heterocycles. The van der Waals surface area contributed by atoms with E-state index in [0.717, 1.165) is 5.01 Å². The first-order chi connectivity index (χ1) is 4.11. The molecule has 0 aliphatic carbocycles. The Bertz CT molecular complexity index is 179. The number of nitrogens with zero attached hydrogens (tertiary/aromatic N) is 2. The molecule has 0 N–H and O–H groups in total. The number of alkyl halides is 3. The van der Waals surface area contributed by atoms with Crippen molar-refractivity contribution in [3.05, 3.63) is 10.5 Å². The molecule has 0 saturated heterocycles. The summed E-state index contributed by atoms with van der Waals surface area (Å²) in [6.07, 6.45) is 0. The van der Waals surface area contributed by atoms with E-state index in [2.05, 4.69) is 58.0 Å². The van der Waals surface area contributed by atoms with E-state index in [1.807, 2.05) is 0 Å². The van der Waals surface area contributed by atoms with Gasteiger partial charge in [0.1, 0.15) is 5.51 Å². The zero-order valence-corrected chi connectivity index (χ0v) is 9.59. The van der Waals surface area contributed by atoms with Gasteiger partial charge in [0, 0.05) is 0 Å². The first kappa shape index (κ1) is 8.10. The van der Waals surface area contributed by atoms with Gasteiger partial charge in [0.05, 0.1) is 0 Å². The van der Waals surface area contributed by atoms with E-state index in [9.17, 15) is 0 Å². The second-order valence-electron chi connectivity index (χ2n) is 1.24. The predicted octanol–water partition coefficient (Wildman–Crippen LogP) is 2.83. The molecule has 0 saturated carbocycles. The summed E-state index contributed by atoms with van der Waals surface area (Å²) >= 11 is 11.4. The summed E-state index contributed by atoms with van der Waals surface area (Å²) in [4.78, 5) is 0. The van der Waals surface area contributed by atoms with Crippen molar-refractivity contribution in [2.75, 3.05) is 0 Å². The third-order valence-corrected chi connectivity index (χ3v) is 3.33. The van der Waals surface area contributed by atoms with Crippen molar-refractivity contribution in [1.82, 2.24) is 10.2 Å². The lowest BCUT2D eigenvalue weighted by atomic mass is 10.9. The fraction of sp³-hybridized carbons (Fsp3) is 0.333. The van der Waals surface area contributed by atoms with Gasteiger partial charge in [-0.2, -0.15) is 0 Å². The fourth-order valence-electron chi connectivity index (χ4n) is 0.297. The Kier molecular flexibility index (Phi) is 2.64. The SMILES string of the molecule is BrC(Br)(Br)c1nncs1. The molecule has 0 amide bonds. The Balaban J connectivity index is 2.90. The molecule has 0 atom stereocenters. The van der Waals surface area contributed by atoms with Crippen LogP contribution < -0.4 is 0 Å². The molecule has 0 aromatic carbocycles. The Labute approximate surface area is 81.4 Å². The lowest BCUT2D eigenvalue weighted by Gasteiger charge is -2.04. The molecular formula is C3HBr3N2S. The molecule has 0 fully saturated rings. The molecule has 1 rings (SSSR count). The quantitative estimate of drug-likeness (QED) is 0.681. The zero-order chi connectivity index (χ0) is 6.91. The van der Waals surface area contributed by atoms with E-state index in [1.165, 1.54) is 11.3 Å². The highest BCUT2D eigenvalue weighted by Gasteiger charge is 2.24. The van der Waals surface area contributed by atoms with Crippen LogP contribution in [0.3, 0.4) is 0 Å². The van der Waals surface area contributed by atoms with Crippen LogP contribution in [0.15, 0.2) is 5.51 Å². The van der Waals surface area contributed by atoms with E-state index in [1.54, 1.807) is 5.51 Å². The second-order valence-corrected chi connectivity index (χ2v) is 8.84. The summed E-state index contributed by atoms with van der Waals surface area (Å²) in [7, 11) is 0. The maximum Gasteiger partial charge on any atom is 0.187 e. The highest BCUT2D eigenvalue weighted by atomic mass is 80.0. The average Bonchev–Trinajstić information content (AvgIpc) is 2.08. The van der Waals surface area contributed by atoms with Gasteiger partial charge in [0.15, 0.2) is 7.15 Å². The van der Waals surface area contributed by atoms with E-state index in [0.29, 0.717) is 0 Å². The number of halogens is 3. The highest BCUT2D eigenvalue weighted by Crippen LogP contribution is 2.44. The maximum atomic E-state index is 3.82. The predicted molar refractivity (Wildman–Crippen MR) is 48.4 cm³/mol. The molecule has 0 aliphatic heterocycles. The van der Waals surface area contributed by atoms with Crippen molar-refractivity contribution in [2.24, 2.45) is 0 Å². The first-order valence-electron chi connectivity index (χ1n) is 1.94. The summed E-state index contributed by atoms with van der Waals surface area (Å²) in [6, 6.07) is 0. The van der Waals surface area contributed by atoms with Crippen LogP contribution in [0.25, 0.3) is 0 Å². The number of hydrogen-bond acceptors (Lipinski definition) is 3. The van der Waals surface area contributed by atoms with Crippen LogP contribution in [0.5, 0.6) is 0 Å². The van der Waals surface area contributed by atoms with Crippen LogP contribution in [0.2, 0.25) is 0 Å². The van der Waals surface area contributed by atoms with Crippen LogP contribution in [0.4, 0.5) is 0 Å². The Hall–Kier alpha value is 1.00. The summed E-state index contributed by atoms with van der Waals surface area (Å²) in [5, 5.41) is 8.33. The van der Waals surface area contributed by atoms with Crippen molar-refractivity contribution in [3.8, 4) is 0 Å². The topological polar surface area (TPSA) is 25.8 Å². The third kappa shape index (κ3) is 2.25. The largest absolute Gasteiger partial charge is 0.187 e. The van der Waals surface area contributed by atoms with Crippen molar-refractivity contribution in [2.45, 2.75) is 2.14 Å². The van der Waals surface area contributed by atoms with Crippen molar-refractivity contribution in [3.63, 3.8) is 0 Å². The maximum absolute atomic E-state index is 3.82. The van der Waals surface area contributed by atoms with Crippen LogP contribution in [0.1, 0.15) is 5.01 Å². The Morgan fingerprint density at radius 1 is 1.44 bits per heavy atom. The van der Waals surface area contributed by atoms with E-state index >= 15 is 0 Å². The zero-order valence-electron chi connectivity index (χ0n) is 4.01. The lowest BCUT2D eigenvalue weighted by Crippen LogP contribution is -1.95. The smallest absolute Gasteiger partial charge is 0.147 e. The van der Waals surface area contributed by atoms with Gasteiger partial charge < -0.3 is 0 Å². The van der Waals surface area contributed by atoms with E-state index in [4.69, 9.17) is 0 Å². The summed E-state index contributed by atoms with van der Waals surface area (Å²) < 4.78 is -0.395. The average molecular weight is 337 g/mol. The molecule has 9 heavy (non-hydrogen) atoms. The second kappa shape index (κ2) is 2.94. The minimum Gasteiger partial charge on any atom is -0.147 e. The van der Waals surface area contributed by atoms with Gasteiger partial charge in [0.2, 0.25) is 0 Å². The van der Waals surface area contributed by atoms with Gasteiger partial charge in [-0.3, -0.25) is 0 Å². The molecular weight excluding hydrogens is 336 g/mol. The minimum absolute atomic E-state index is 0.395. The first-order valence-corrected chi connectivity index (χ1v) is 5.20. The molecule has 6 heteroatoms. The molecule has 0 aliphatic rings. The van der Waals surface area contributed by atoms with Gasteiger partial charge in [0.25, 0.3) is 0 Å². The molecule has 0 unspecified atom stereocenters. The van der Waals surface area contributed by atoms with Gasteiger partial charge >= 0.3 is 0 Å². The number of aromatic nitrogens is 2. The van der Waals surface area contributed by atoms with Gasteiger partial charge in [-0.05, 0) is 0 Å². The molecule has 1 aromatic rings. The van der Waals surface area contributed by atoms with E-state index in [-0.39, 0.29) is 0 Å². The standard InChI is InChI=1S/C3HBr3N2S/c4-3(5,6)2-8-7-1-9-2/h1H. The minimum atomic E-state index is -0.395. The Morgan fingerprint density at radius 3 is 2.33 bits per heavy atom. The monoisotopic (exact) mass is 334 g/mol. The molecule has 0 bridgehead atoms. The molecule has 0 radical (unpaired) electrons.